The van der Waals surface area contributed by atoms with Gasteiger partial charge in [-0.25, -0.2) is 13.2 Å². The van der Waals surface area contributed by atoms with Crippen molar-refractivity contribution in [3.8, 4) is 0 Å². The molecule has 12 heteroatoms. The molecule has 3 atom stereocenters. The highest BCUT2D eigenvalue weighted by atomic mass is 19.4. The maximum absolute atomic E-state index is 15.3. The number of nitrogens with two attached hydrogens (primary N) is 1. The Morgan fingerprint density at radius 3 is 2.26 bits per heavy atom. The average molecular weight is 555 g/mol. The predicted octanol–water partition coefficient (Wildman–Crippen LogP) is 4.59. The van der Waals surface area contributed by atoms with E-state index in [9.17, 15) is 31.5 Å². The molecule has 1 amide bonds. The summed E-state index contributed by atoms with van der Waals surface area (Å²) >= 11 is 0. The van der Waals surface area contributed by atoms with E-state index in [0.717, 1.165) is 19.2 Å². The van der Waals surface area contributed by atoms with Crippen LogP contribution >= 0.6 is 0 Å². The lowest BCUT2D eigenvalue weighted by Gasteiger charge is -2.70. The predicted molar refractivity (Wildman–Crippen MR) is 130 cm³/mol. The van der Waals surface area contributed by atoms with E-state index in [0.29, 0.717) is 0 Å². The number of alkyl halides is 5. The van der Waals surface area contributed by atoms with E-state index < -0.39 is 52.4 Å². The quantitative estimate of drug-likeness (QED) is 0.509. The lowest BCUT2D eigenvalue weighted by Crippen LogP contribution is -2.74. The number of carbonyl (C=O) groups excluding carboxylic acids is 1. The number of likely N-dealkylation sites (tertiary alicyclic amines) is 1. The minimum absolute atomic E-state index is 0.0164. The maximum atomic E-state index is 15.3. The SMILES string of the molecule is C[C@H](c1cccc(C(F)F)c1F)N(c1cc(=O)n(C23CC(C(F)(F)F)(C2)C3)cc1C(N)=O)C1C2CN(C)CC21. The lowest BCUT2D eigenvalue weighted by atomic mass is 9.39. The van der Waals surface area contributed by atoms with E-state index >= 15 is 4.39 Å². The van der Waals surface area contributed by atoms with Crippen LogP contribution in [0.1, 0.15) is 60.1 Å². The Labute approximate surface area is 220 Å². The smallest absolute Gasteiger partial charge is 0.365 e. The Morgan fingerprint density at radius 1 is 1.13 bits per heavy atom. The molecule has 2 unspecified atom stereocenters. The molecular formula is C27H28F6N4O2. The average Bonchev–Trinajstić information content (AvgIpc) is 3.25. The third-order valence-corrected chi connectivity index (χ3v) is 9.50. The van der Waals surface area contributed by atoms with E-state index in [1.54, 1.807) is 11.8 Å². The number of benzene rings is 1. The molecule has 1 aromatic carbocycles. The fourth-order valence-corrected chi connectivity index (χ4v) is 7.54. The summed E-state index contributed by atoms with van der Waals surface area (Å²) in [7, 11) is 1.95. The Bertz CT molecular complexity index is 1390. The first-order valence-corrected chi connectivity index (χ1v) is 12.9. The van der Waals surface area contributed by atoms with Crippen molar-refractivity contribution in [2.24, 2.45) is 23.0 Å². The number of primary amides is 1. The molecular weight excluding hydrogens is 526 g/mol. The van der Waals surface area contributed by atoms with Gasteiger partial charge in [0, 0.05) is 37.0 Å². The number of nitrogens with zero attached hydrogens (tertiary/aromatic N) is 3. The van der Waals surface area contributed by atoms with Gasteiger partial charge in [0.25, 0.3) is 17.9 Å². The van der Waals surface area contributed by atoms with Gasteiger partial charge in [0.1, 0.15) is 5.82 Å². The molecule has 4 saturated carbocycles. The van der Waals surface area contributed by atoms with Crippen molar-refractivity contribution in [3.63, 3.8) is 0 Å². The molecule has 2 heterocycles. The van der Waals surface area contributed by atoms with Crippen LogP contribution in [-0.4, -0.2) is 47.7 Å². The van der Waals surface area contributed by atoms with Crippen LogP contribution in [-0.2, 0) is 5.54 Å². The summed E-state index contributed by atoms with van der Waals surface area (Å²) in [6.07, 6.45) is -6.90. The van der Waals surface area contributed by atoms with Crippen LogP contribution in [0.4, 0.5) is 32.0 Å². The van der Waals surface area contributed by atoms with Gasteiger partial charge in [0.2, 0.25) is 0 Å². The number of rotatable bonds is 7. The van der Waals surface area contributed by atoms with Crippen molar-refractivity contribution < 1.29 is 31.1 Å². The monoisotopic (exact) mass is 554 g/mol. The maximum Gasteiger partial charge on any atom is 0.394 e. The number of hydrogen-bond donors (Lipinski definition) is 1. The van der Waals surface area contributed by atoms with Crippen LogP contribution in [0.25, 0.3) is 0 Å². The summed E-state index contributed by atoms with van der Waals surface area (Å²) in [6.45, 7) is 3.07. The lowest BCUT2D eigenvalue weighted by molar-refractivity contribution is -0.354. The molecule has 0 spiro atoms. The van der Waals surface area contributed by atoms with Gasteiger partial charge in [0.05, 0.1) is 33.8 Å². The molecule has 39 heavy (non-hydrogen) atoms. The highest BCUT2D eigenvalue weighted by Gasteiger charge is 2.79. The Morgan fingerprint density at radius 2 is 1.72 bits per heavy atom. The Balaban J connectivity index is 1.43. The van der Waals surface area contributed by atoms with Crippen LogP contribution < -0.4 is 16.2 Å². The molecule has 5 fully saturated rings. The molecule has 4 aliphatic carbocycles. The third kappa shape index (κ3) is 3.66. The van der Waals surface area contributed by atoms with Crippen molar-refractivity contribution >= 4 is 11.6 Å². The third-order valence-electron chi connectivity index (χ3n) is 9.50. The molecule has 2 N–H and O–H groups in total. The zero-order valence-electron chi connectivity index (χ0n) is 21.3. The van der Waals surface area contributed by atoms with Gasteiger partial charge >= 0.3 is 6.18 Å². The normalized spacial score (nSPS) is 31.9. The number of fused-ring (bicyclic) bond motifs is 1. The molecule has 6 nitrogen and oxygen atoms in total. The van der Waals surface area contributed by atoms with Gasteiger partial charge < -0.3 is 20.1 Å². The summed E-state index contributed by atoms with van der Waals surface area (Å²) < 4.78 is 83.7. The minimum Gasteiger partial charge on any atom is -0.365 e. The van der Waals surface area contributed by atoms with Crippen molar-refractivity contribution in [1.82, 2.24) is 9.47 Å². The number of carbonyl (C=O) groups is 1. The van der Waals surface area contributed by atoms with Gasteiger partial charge in [-0.3, -0.25) is 9.59 Å². The molecule has 1 aromatic heterocycles. The second-order valence-electron chi connectivity index (χ2n) is 11.9. The number of aromatic nitrogens is 1. The molecule has 2 bridgehead atoms. The van der Waals surface area contributed by atoms with Crippen molar-refractivity contribution in [2.45, 2.75) is 56.4 Å². The van der Waals surface area contributed by atoms with Gasteiger partial charge in [-0.05, 0) is 45.1 Å². The molecule has 210 valence electrons. The second kappa shape index (κ2) is 8.25. The largest absolute Gasteiger partial charge is 0.394 e. The molecule has 1 saturated heterocycles. The number of halogens is 6. The van der Waals surface area contributed by atoms with E-state index in [4.69, 9.17) is 5.73 Å². The van der Waals surface area contributed by atoms with Crippen LogP contribution in [0.5, 0.6) is 0 Å². The first-order chi connectivity index (χ1) is 18.2. The van der Waals surface area contributed by atoms with Crippen molar-refractivity contribution in [1.29, 1.82) is 0 Å². The summed E-state index contributed by atoms with van der Waals surface area (Å²) in [5.41, 5.74) is 1.61. The van der Waals surface area contributed by atoms with Gasteiger partial charge in [-0.2, -0.15) is 13.2 Å². The van der Waals surface area contributed by atoms with E-state index in [1.807, 2.05) is 7.05 Å². The van der Waals surface area contributed by atoms with Crippen LogP contribution in [0.3, 0.4) is 0 Å². The molecule has 7 rings (SSSR count). The standard InChI is InChI=1S/C27H28F6N4O2/c1-13(14-4-3-5-15(21(14)28)23(29)30)37(22-16-7-35(2)8-17(16)22)19-6-20(38)36(9-18(19)24(34)39)26-10-25(11-26,12-26)27(31,32)33/h3-6,9,13,16-17,22-23H,7-8,10-12H2,1-2H3,(H2,34,39)/t13-,16?,17?,22?,25?,26?/m1/s1. The minimum atomic E-state index is -4.37. The van der Waals surface area contributed by atoms with Gasteiger partial charge in [0.15, 0.2) is 0 Å². The number of piperidine rings is 1. The van der Waals surface area contributed by atoms with E-state index in [1.165, 1.54) is 29.0 Å². The number of anilines is 1. The Kier molecular flexibility index (Phi) is 5.54. The van der Waals surface area contributed by atoms with Crippen LogP contribution in [0.15, 0.2) is 35.3 Å². The van der Waals surface area contributed by atoms with E-state index in [-0.39, 0.29) is 54.0 Å². The van der Waals surface area contributed by atoms with Crippen molar-refractivity contribution in [2.75, 3.05) is 25.0 Å². The van der Waals surface area contributed by atoms with Gasteiger partial charge in [-0.1, -0.05) is 18.2 Å². The van der Waals surface area contributed by atoms with Crippen molar-refractivity contribution in [3.05, 3.63) is 63.3 Å². The molecule has 1 aliphatic heterocycles. The molecule has 2 aromatic rings. The Hall–Kier alpha value is -3.02. The highest BCUT2D eigenvalue weighted by Crippen LogP contribution is 2.76. The topological polar surface area (TPSA) is 71.6 Å². The fraction of sp³-hybridized carbons (Fsp3) is 0.556. The summed E-state index contributed by atoms with van der Waals surface area (Å²) in [4.78, 5) is 29.9. The fourth-order valence-electron chi connectivity index (χ4n) is 7.54. The second-order valence-corrected chi connectivity index (χ2v) is 11.9. The highest BCUT2D eigenvalue weighted by molar-refractivity contribution is 5.98. The summed E-state index contributed by atoms with van der Waals surface area (Å²) in [5.74, 6) is -1.66. The number of amides is 1. The zero-order valence-corrected chi connectivity index (χ0v) is 21.3. The van der Waals surface area contributed by atoms with Crippen LogP contribution in [0.2, 0.25) is 0 Å². The first-order valence-electron chi connectivity index (χ1n) is 12.9. The van der Waals surface area contributed by atoms with Gasteiger partial charge in [-0.15, -0.1) is 0 Å². The molecule has 0 radical (unpaired) electrons. The molecule has 5 aliphatic rings. The van der Waals surface area contributed by atoms with Crippen LogP contribution in [0, 0.1) is 23.1 Å². The first kappa shape index (κ1) is 26.2. The van der Waals surface area contributed by atoms with E-state index in [2.05, 4.69) is 4.90 Å². The number of pyridine rings is 1. The summed E-state index contributed by atoms with van der Waals surface area (Å²) in [6, 6.07) is 3.87. The zero-order chi connectivity index (χ0) is 28.2. The summed E-state index contributed by atoms with van der Waals surface area (Å²) in [5, 5.41) is 0. The number of hydrogen-bond acceptors (Lipinski definition) is 4.